The molecule has 0 saturated carbocycles. The van der Waals surface area contributed by atoms with Crippen LogP contribution < -0.4 is 10.1 Å². The molecule has 0 bridgehead atoms. The average molecular weight is 418 g/mol. The maximum Gasteiger partial charge on any atom is 0.287 e. The zero-order valence-corrected chi connectivity index (χ0v) is 17.4. The molecule has 6 nitrogen and oxygen atoms in total. The van der Waals surface area contributed by atoms with E-state index in [0.29, 0.717) is 17.9 Å². The number of hydrogen-bond donors (Lipinski definition) is 1. The van der Waals surface area contributed by atoms with E-state index in [1.165, 1.54) is 6.42 Å². The number of nitrogens with zero attached hydrogens (tertiary/aromatic N) is 1. The molecule has 3 aromatic rings. The molecule has 2 amide bonds. The second kappa shape index (κ2) is 9.98. The number of carbonyl (C=O) groups is 2. The van der Waals surface area contributed by atoms with E-state index in [0.717, 1.165) is 37.2 Å². The quantitative estimate of drug-likeness (QED) is 0.617. The van der Waals surface area contributed by atoms with Crippen molar-refractivity contribution in [3.8, 4) is 5.75 Å². The van der Waals surface area contributed by atoms with Crippen LogP contribution >= 0.6 is 0 Å². The number of ether oxygens (including phenoxy) is 1. The summed E-state index contributed by atoms with van der Waals surface area (Å²) in [6.07, 6.45) is 3.34. The third-order valence-corrected chi connectivity index (χ3v) is 5.31. The summed E-state index contributed by atoms with van der Waals surface area (Å²) in [6, 6.07) is 20.2. The molecule has 31 heavy (non-hydrogen) atoms. The monoisotopic (exact) mass is 418 g/mol. The number of nitrogens with one attached hydrogen (secondary N) is 1. The lowest BCUT2D eigenvalue weighted by Crippen LogP contribution is -2.35. The minimum Gasteiger partial charge on any atom is -0.486 e. The highest BCUT2D eigenvalue weighted by Crippen LogP contribution is 2.15. The number of rotatable bonds is 7. The zero-order valence-electron chi connectivity index (χ0n) is 17.4. The van der Waals surface area contributed by atoms with Crippen molar-refractivity contribution in [1.29, 1.82) is 0 Å². The lowest BCUT2D eigenvalue weighted by molar-refractivity contribution is 0.0724. The smallest absolute Gasteiger partial charge is 0.287 e. The van der Waals surface area contributed by atoms with Crippen LogP contribution in [0.4, 0.5) is 0 Å². The topological polar surface area (TPSA) is 71.8 Å². The predicted octanol–water partition coefficient (Wildman–Crippen LogP) is 4.41. The first kappa shape index (κ1) is 20.7. The Kier molecular flexibility index (Phi) is 6.67. The standard InChI is InChI=1S/C25H26N2O4/c28-24(23-14-13-22(31-23)18-30-21-7-3-1-4-8-21)26-17-19-9-11-20(12-10-19)25(29)27-15-5-2-6-16-27/h1,3-4,7-14H,2,5-6,15-18H2,(H,26,28). The van der Waals surface area contributed by atoms with E-state index in [1.807, 2.05) is 59.5 Å². The number of carbonyl (C=O) groups excluding carboxylic acids is 2. The van der Waals surface area contributed by atoms with E-state index in [9.17, 15) is 9.59 Å². The first-order chi connectivity index (χ1) is 15.2. The number of piperidine rings is 1. The van der Waals surface area contributed by atoms with Gasteiger partial charge in [0.05, 0.1) is 0 Å². The van der Waals surface area contributed by atoms with Crippen molar-refractivity contribution >= 4 is 11.8 Å². The molecule has 1 aliphatic heterocycles. The number of furan rings is 1. The first-order valence-corrected chi connectivity index (χ1v) is 10.6. The van der Waals surface area contributed by atoms with E-state index in [1.54, 1.807) is 12.1 Å². The van der Waals surface area contributed by atoms with E-state index < -0.39 is 0 Å². The van der Waals surface area contributed by atoms with Gasteiger partial charge < -0.3 is 19.4 Å². The van der Waals surface area contributed by atoms with Crippen molar-refractivity contribution in [3.63, 3.8) is 0 Å². The third-order valence-electron chi connectivity index (χ3n) is 5.31. The molecule has 2 aromatic carbocycles. The molecule has 1 fully saturated rings. The van der Waals surface area contributed by atoms with Crippen LogP contribution in [0, 0.1) is 0 Å². The van der Waals surface area contributed by atoms with E-state index in [4.69, 9.17) is 9.15 Å². The van der Waals surface area contributed by atoms with Gasteiger partial charge in [-0.25, -0.2) is 0 Å². The molecule has 0 atom stereocenters. The van der Waals surface area contributed by atoms with Crippen molar-refractivity contribution in [1.82, 2.24) is 10.2 Å². The summed E-state index contributed by atoms with van der Waals surface area (Å²) in [7, 11) is 0. The van der Waals surface area contributed by atoms with Gasteiger partial charge in [-0.1, -0.05) is 30.3 Å². The number of amides is 2. The summed E-state index contributed by atoms with van der Waals surface area (Å²) in [5, 5.41) is 2.85. The van der Waals surface area contributed by atoms with Crippen LogP contribution in [0.15, 0.2) is 71.1 Å². The summed E-state index contributed by atoms with van der Waals surface area (Å²) in [4.78, 5) is 26.8. The van der Waals surface area contributed by atoms with Crippen LogP contribution in [0.2, 0.25) is 0 Å². The maximum absolute atomic E-state index is 12.5. The van der Waals surface area contributed by atoms with Gasteiger partial charge >= 0.3 is 0 Å². The van der Waals surface area contributed by atoms with E-state index in [2.05, 4.69) is 5.32 Å². The number of likely N-dealkylation sites (tertiary alicyclic amines) is 1. The van der Waals surface area contributed by atoms with Gasteiger partial charge in [-0.05, 0) is 61.2 Å². The number of para-hydroxylation sites is 1. The molecule has 0 unspecified atom stereocenters. The van der Waals surface area contributed by atoms with Gasteiger partial charge in [0.15, 0.2) is 5.76 Å². The van der Waals surface area contributed by atoms with Crippen molar-refractivity contribution < 1.29 is 18.7 Å². The van der Waals surface area contributed by atoms with Gasteiger partial charge in [-0.15, -0.1) is 0 Å². The predicted molar refractivity (Wildman–Crippen MR) is 117 cm³/mol. The average Bonchev–Trinajstić information content (AvgIpc) is 3.32. The van der Waals surface area contributed by atoms with Crippen molar-refractivity contribution in [3.05, 3.63) is 89.4 Å². The summed E-state index contributed by atoms with van der Waals surface area (Å²) >= 11 is 0. The lowest BCUT2D eigenvalue weighted by atomic mass is 10.1. The highest BCUT2D eigenvalue weighted by molar-refractivity contribution is 5.94. The highest BCUT2D eigenvalue weighted by atomic mass is 16.5. The Morgan fingerprint density at radius 3 is 2.39 bits per heavy atom. The fourth-order valence-corrected chi connectivity index (χ4v) is 3.56. The molecule has 0 radical (unpaired) electrons. The largest absolute Gasteiger partial charge is 0.486 e. The Balaban J connectivity index is 1.26. The Morgan fingerprint density at radius 1 is 0.903 bits per heavy atom. The molecule has 1 N–H and O–H groups in total. The molecular weight excluding hydrogens is 392 g/mol. The minimum atomic E-state index is -0.292. The van der Waals surface area contributed by atoms with Crippen molar-refractivity contribution in [2.24, 2.45) is 0 Å². The lowest BCUT2D eigenvalue weighted by Gasteiger charge is -2.26. The van der Waals surface area contributed by atoms with Gasteiger partial charge in [-0.2, -0.15) is 0 Å². The molecule has 4 rings (SSSR count). The Bertz CT molecular complexity index is 1010. The Hall–Kier alpha value is -3.54. The second-order valence-electron chi connectivity index (χ2n) is 7.60. The van der Waals surface area contributed by atoms with Gasteiger partial charge in [0, 0.05) is 25.2 Å². The van der Waals surface area contributed by atoms with Gasteiger partial charge in [0.2, 0.25) is 0 Å². The summed E-state index contributed by atoms with van der Waals surface area (Å²) in [6.45, 7) is 2.27. The van der Waals surface area contributed by atoms with Crippen LogP contribution in [0.3, 0.4) is 0 Å². The minimum absolute atomic E-state index is 0.0797. The molecule has 0 aliphatic carbocycles. The normalized spacial score (nSPS) is 13.6. The summed E-state index contributed by atoms with van der Waals surface area (Å²) in [5.74, 6) is 1.35. The molecule has 6 heteroatoms. The van der Waals surface area contributed by atoms with Crippen LogP contribution in [-0.2, 0) is 13.2 Å². The van der Waals surface area contributed by atoms with Gasteiger partial charge in [-0.3, -0.25) is 9.59 Å². The molecule has 1 saturated heterocycles. The van der Waals surface area contributed by atoms with Crippen LogP contribution in [0.1, 0.15) is 51.5 Å². The zero-order chi connectivity index (χ0) is 21.5. The summed E-state index contributed by atoms with van der Waals surface area (Å²) < 4.78 is 11.2. The van der Waals surface area contributed by atoms with Gasteiger partial charge in [0.1, 0.15) is 18.1 Å². The summed E-state index contributed by atoms with van der Waals surface area (Å²) in [5.41, 5.74) is 1.61. The van der Waals surface area contributed by atoms with E-state index in [-0.39, 0.29) is 24.2 Å². The molecule has 160 valence electrons. The molecule has 0 spiro atoms. The molecule has 1 aliphatic rings. The molecule has 1 aromatic heterocycles. The Morgan fingerprint density at radius 2 is 1.65 bits per heavy atom. The van der Waals surface area contributed by atoms with Crippen LogP contribution in [-0.4, -0.2) is 29.8 Å². The molecule has 2 heterocycles. The van der Waals surface area contributed by atoms with Crippen molar-refractivity contribution in [2.45, 2.75) is 32.4 Å². The van der Waals surface area contributed by atoms with Crippen LogP contribution in [0.25, 0.3) is 0 Å². The Labute approximate surface area is 181 Å². The fourth-order valence-electron chi connectivity index (χ4n) is 3.56. The fraction of sp³-hybridized carbons (Fsp3) is 0.280. The second-order valence-corrected chi connectivity index (χ2v) is 7.60. The number of benzene rings is 2. The SMILES string of the molecule is O=C(NCc1ccc(C(=O)N2CCCCC2)cc1)c1ccc(COc2ccccc2)o1. The van der Waals surface area contributed by atoms with Crippen molar-refractivity contribution in [2.75, 3.05) is 13.1 Å². The van der Waals surface area contributed by atoms with Crippen LogP contribution in [0.5, 0.6) is 5.75 Å². The van der Waals surface area contributed by atoms with E-state index >= 15 is 0 Å². The third kappa shape index (κ3) is 5.54. The molecular formula is C25H26N2O4. The highest BCUT2D eigenvalue weighted by Gasteiger charge is 2.18. The first-order valence-electron chi connectivity index (χ1n) is 10.6. The maximum atomic E-state index is 12.5. The number of hydrogen-bond acceptors (Lipinski definition) is 4. The van der Waals surface area contributed by atoms with Gasteiger partial charge in [0.25, 0.3) is 11.8 Å².